The van der Waals surface area contributed by atoms with E-state index in [1.807, 2.05) is 0 Å². The van der Waals surface area contributed by atoms with Crippen LogP contribution in [0, 0.1) is 0 Å². The van der Waals surface area contributed by atoms with Crippen LogP contribution in [0.3, 0.4) is 0 Å². The van der Waals surface area contributed by atoms with Crippen LogP contribution in [0.25, 0.3) is 11.2 Å². The molecule has 2 heterocycles. The van der Waals surface area contributed by atoms with Gasteiger partial charge in [0.25, 0.3) is 0 Å². The third-order valence-corrected chi connectivity index (χ3v) is 2.04. The summed E-state index contributed by atoms with van der Waals surface area (Å²) in [4.78, 5) is 13.7. The number of imidazole rings is 1. The zero-order valence-electron chi connectivity index (χ0n) is 7.72. The molecule has 1 atom stereocenters. The number of H-pyrrole nitrogens is 1. The third kappa shape index (κ3) is 3.01. The average molecular weight is 255 g/mol. The Balaban J connectivity index is 0.000000980. The molecule has 0 aliphatic heterocycles. The third-order valence-electron chi connectivity index (χ3n) is 1.43. The molecule has 0 amide bonds. The smallest absolute Gasteiger partial charge is 0.767 e. The van der Waals surface area contributed by atoms with Crippen molar-refractivity contribution in [2.75, 3.05) is 5.73 Å². The monoisotopic (exact) mass is 255 g/mol. The zero-order chi connectivity index (χ0) is 9.42. The van der Waals surface area contributed by atoms with Crippen molar-refractivity contribution in [2.24, 2.45) is 0 Å². The van der Waals surface area contributed by atoms with E-state index in [0.29, 0.717) is 0 Å². The second-order valence-electron chi connectivity index (χ2n) is 2.22. The molecule has 0 aromatic carbocycles. The maximum atomic E-state index is 10.7. The number of anilines is 1. The first kappa shape index (κ1) is 15.1. The van der Waals surface area contributed by atoms with Gasteiger partial charge in [-0.2, -0.15) is 4.98 Å². The van der Waals surface area contributed by atoms with Gasteiger partial charge in [-0.25, -0.2) is 9.97 Å². The number of hydrogen-bond acceptors (Lipinski definition) is 6. The van der Waals surface area contributed by atoms with Gasteiger partial charge in [-0.3, -0.25) is 4.21 Å². The van der Waals surface area contributed by atoms with Gasteiger partial charge < -0.3 is 20.7 Å². The fourth-order valence-electron chi connectivity index (χ4n) is 0.943. The second-order valence-corrected chi connectivity index (χ2v) is 3.08. The van der Waals surface area contributed by atoms with Gasteiger partial charge in [0.2, 0.25) is 5.95 Å². The maximum Gasteiger partial charge on any atom is 1.00 e. The second kappa shape index (κ2) is 5.96. The Kier molecular flexibility index (Phi) is 5.98. The van der Waals surface area contributed by atoms with E-state index in [0.717, 1.165) is 0 Å². The van der Waals surface area contributed by atoms with Crippen molar-refractivity contribution in [2.45, 2.75) is 5.03 Å². The number of nitrogens with zero attached hydrogens (tertiary/aromatic N) is 3. The van der Waals surface area contributed by atoms with E-state index in [1.165, 1.54) is 6.33 Å². The molecule has 10 heteroatoms. The Hall–Kier alpha value is 0.0564. The van der Waals surface area contributed by atoms with Crippen LogP contribution < -0.4 is 57.1 Å². The summed E-state index contributed by atoms with van der Waals surface area (Å²) in [5.74, 6) is -0.112. The molecular formula is C5H6KN5O3S. The Labute approximate surface area is 129 Å². The topological polar surface area (TPSA) is 152 Å². The van der Waals surface area contributed by atoms with Crippen LogP contribution in [0.15, 0.2) is 11.4 Å². The number of aromatic amines is 1. The number of nitrogen functional groups attached to an aromatic ring is 1. The molecule has 2 rings (SSSR count). The summed E-state index contributed by atoms with van der Waals surface area (Å²) in [5.41, 5.74) is 5.78. The molecule has 0 bridgehead atoms. The molecule has 1 unspecified atom stereocenters. The van der Waals surface area contributed by atoms with Gasteiger partial charge in [-0.15, -0.1) is 0 Å². The molecular weight excluding hydrogens is 249 g/mol. The number of rotatable bonds is 1. The molecule has 0 saturated heterocycles. The van der Waals surface area contributed by atoms with Gasteiger partial charge in [0.15, 0.2) is 5.65 Å². The number of nitrogens with one attached hydrogen (secondary N) is 1. The molecule has 15 heavy (non-hydrogen) atoms. The van der Waals surface area contributed by atoms with E-state index in [1.54, 1.807) is 0 Å². The van der Waals surface area contributed by atoms with E-state index in [2.05, 4.69) is 19.9 Å². The van der Waals surface area contributed by atoms with E-state index in [9.17, 15) is 8.76 Å². The molecule has 0 saturated carbocycles. The molecule has 8 nitrogen and oxygen atoms in total. The summed E-state index contributed by atoms with van der Waals surface area (Å²) >= 11 is -2.44. The fourth-order valence-corrected chi connectivity index (χ4v) is 1.43. The van der Waals surface area contributed by atoms with Crippen molar-refractivity contribution in [3.8, 4) is 0 Å². The van der Waals surface area contributed by atoms with E-state index < -0.39 is 11.1 Å². The van der Waals surface area contributed by atoms with Crippen molar-refractivity contribution in [1.29, 1.82) is 0 Å². The number of aromatic nitrogens is 4. The van der Waals surface area contributed by atoms with Crippen LogP contribution in [0.1, 0.15) is 0 Å². The average Bonchev–Trinajstić information content (AvgIpc) is 2.49. The van der Waals surface area contributed by atoms with Crippen LogP contribution in [-0.2, 0) is 11.1 Å². The van der Waals surface area contributed by atoms with Crippen LogP contribution in [0.2, 0.25) is 0 Å². The number of nitrogens with two attached hydrogens (primary N) is 1. The van der Waals surface area contributed by atoms with Crippen molar-refractivity contribution in [1.82, 2.24) is 19.9 Å². The van der Waals surface area contributed by atoms with Gasteiger partial charge in [-0.05, 0) is 11.1 Å². The van der Waals surface area contributed by atoms with Gasteiger partial charge in [0, 0.05) is 0 Å². The summed E-state index contributed by atoms with van der Waals surface area (Å²) in [6, 6.07) is 0. The Morgan fingerprint density at radius 2 is 2.13 bits per heavy atom. The van der Waals surface area contributed by atoms with Crippen LogP contribution in [0.5, 0.6) is 0 Å². The molecule has 0 fully saturated rings. The Morgan fingerprint density at radius 1 is 1.47 bits per heavy atom. The summed E-state index contributed by atoms with van der Waals surface area (Å²) in [6.45, 7) is 0. The quantitative estimate of drug-likeness (QED) is 0.297. The number of hydrogen-bond donors (Lipinski definition) is 2. The minimum Gasteiger partial charge on any atom is -0.767 e. The SMILES string of the molecule is Nc1nc(S(=O)[O-])c2[nH]cnc2n1.O.[K+]. The van der Waals surface area contributed by atoms with Crippen molar-refractivity contribution < 1.29 is 65.6 Å². The van der Waals surface area contributed by atoms with Crippen molar-refractivity contribution in [3.05, 3.63) is 6.33 Å². The summed E-state index contributed by atoms with van der Waals surface area (Å²) in [7, 11) is 0. The van der Waals surface area contributed by atoms with Crippen LogP contribution in [-0.4, -0.2) is 34.2 Å². The molecule has 0 aliphatic carbocycles. The molecule has 0 spiro atoms. The standard InChI is InChI=1S/C5H5N5O2S.K.H2O/c6-5-9-3-2(7-1-8-3)4(10-5)13(11)12;;/h1H,(H,11,12)(H3,6,7,8,9,10);;1H2/q;+1;/p-1. The van der Waals surface area contributed by atoms with Crippen molar-refractivity contribution >= 4 is 28.2 Å². The van der Waals surface area contributed by atoms with E-state index in [4.69, 9.17) is 5.73 Å². The van der Waals surface area contributed by atoms with E-state index >= 15 is 0 Å². The molecule has 5 N–H and O–H groups in total. The largest absolute Gasteiger partial charge is 1.00 e. The van der Waals surface area contributed by atoms with Crippen LogP contribution in [0.4, 0.5) is 5.95 Å². The predicted molar refractivity (Wildman–Crippen MR) is 46.9 cm³/mol. The number of fused-ring (bicyclic) bond motifs is 1. The molecule has 2 aromatic heterocycles. The molecule has 76 valence electrons. The van der Waals surface area contributed by atoms with Crippen molar-refractivity contribution in [3.63, 3.8) is 0 Å². The van der Waals surface area contributed by atoms with Gasteiger partial charge in [0.1, 0.15) is 10.5 Å². The zero-order valence-corrected chi connectivity index (χ0v) is 11.7. The Bertz CT molecular complexity index is 488. The molecule has 0 radical (unpaired) electrons. The van der Waals surface area contributed by atoms with E-state index in [-0.39, 0.29) is 79.0 Å². The first-order chi connectivity index (χ1) is 6.18. The van der Waals surface area contributed by atoms with Gasteiger partial charge in [-0.1, -0.05) is 0 Å². The maximum absolute atomic E-state index is 10.7. The van der Waals surface area contributed by atoms with Gasteiger partial charge >= 0.3 is 51.4 Å². The van der Waals surface area contributed by atoms with Gasteiger partial charge in [0.05, 0.1) is 6.33 Å². The fraction of sp³-hybridized carbons (Fsp3) is 0. The summed E-state index contributed by atoms with van der Waals surface area (Å²) in [5, 5.41) is -0.167. The predicted octanol–water partition coefficient (Wildman–Crippen LogP) is -4.65. The Morgan fingerprint density at radius 3 is 2.73 bits per heavy atom. The van der Waals surface area contributed by atoms with Crippen LogP contribution >= 0.6 is 0 Å². The first-order valence-corrected chi connectivity index (χ1v) is 4.32. The molecule has 2 aromatic rings. The first-order valence-electron chi connectivity index (χ1n) is 3.24. The molecule has 0 aliphatic rings. The minimum absolute atomic E-state index is 0. The summed E-state index contributed by atoms with van der Waals surface area (Å²) in [6.07, 6.45) is 1.33. The summed E-state index contributed by atoms with van der Waals surface area (Å²) < 4.78 is 21.3. The normalized spacial score (nSPS) is 11.5. The minimum atomic E-state index is -2.44.